The molecule has 0 spiro atoms. The van der Waals surface area contributed by atoms with E-state index in [1.165, 1.54) is 96.3 Å². The maximum atomic E-state index is 6.15. The summed E-state index contributed by atoms with van der Waals surface area (Å²) in [7, 11) is 0. The molecule has 0 aromatic heterocycles. The molecule has 26 heavy (non-hydrogen) atoms. The maximum Gasteiger partial charge on any atom is 0.113 e. The van der Waals surface area contributed by atoms with Gasteiger partial charge in [0, 0.05) is 6.54 Å². The molecule has 0 aromatic carbocycles. The number of nitrogens with zero attached hydrogens (tertiary/aromatic N) is 1. The van der Waals surface area contributed by atoms with Crippen molar-refractivity contribution in [2.75, 3.05) is 13.1 Å². The first-order valence-electron chi connectivity index (χ1n) is 11.5. The molecular weight excluding hydrogens is 318 g/mol. The molecule has 0 radical (unpaired) electrons. The molecule has 1 rings (SSSR count). The van der Waals surface area contributed by atoms with E-state index in [4.69, 9.17) is 5.73 Å². The second-order valence-electron chi connectivity index (χ2n) is 7.88. The largest absolute Gasteiger partial charge is 0.371 e. The summed E-state index contributed by atoms with van der Waals surface area (Å²) in [6.45, 7) is 4.15. The Morgan fingerprint density at radius 1 is 0.846 bits per heavy atom. The Bertz CT molecular complexity index is 362. The smallest absolute Gasteiger partial charge is 0.113 e. The quantitative estimate of drug-likeness (QED) is 0.227. The highest BCUT2D eigenvalue weighted by atomic mass is 15.1. The second kappa shape index (κ2) is 17.6. The number of nitrogens with two attached hydrogens (primary N) is 1. The fourth-order valence-corrected chi connectivity index (χ4v) is 3.59. The summed E-state index contributed by atoms with van der Waals surface area (Å²) in [5.41, 5.74) is 6.15. The van der Waals surface area contributed by atoms with Crippen molar-refractivity contribution in [2.45, 2.75) is 116 Å². The van der Waals surface area contributed by atoms with E-state index in [2.05, 4.69) is 29.4 Å². The number of rotatable bonds is 18. The third-order valence-corrected chi connectivity index (χ3v) is 5.33. The topological polar surface area (TPSA) is 50.4 Å². The van der Waals surface area contributed by atoms with Gasteiger partial charge in [-0.3, -0.25) is 4.99 Å². The summed E-state index contributed by atoms with van der Waals surface area (Å²) < 4.78 is 0. The predicted octanol–water partition coefficient (Wildman–Crippen LogP) is 6.13. The number of hydrogen-bond donors (Lipinski definition) is 2. The van der Waals surface area contributed by atoms with Crippen LogP contribution in [-0.4, -0.2) is 25.0 Å². The van der Waals surface area contributed by atoms with Crippen molar-refractivity contribution in [3.05, 3.63) is 12.2 Å². The molecule has 3 heteroatoms. The normalized spacial score (nSPS) is 15.4. The minimum Gasteiger partial charge on any atom is -0.371 e. The van der Waals surface area contributed by atoms with Crippen LogP contribution >= 0.6 is 0 Å². The lowest BCUT2D eigenvalue weighted by Gasteiger charge is -2.11. The zero-order valence-electron chi connectivity index (χ0n) is 17.5. The van der Waals surface area contributed by atoms with Gasteiger partial charge >= 0.3 is 0 Å². The molecule has 152 valence electrons. The molecule has 3 nitrogen and oxygen atoms in total. The average molecular weight is 364 g/mol. The number of amidine groups is 1. The van der Waals surface area contributed by atoms with Gasteiger partial charge in [-0.15, -0.1) is 0 Å². The van der Waals surface area contributed by atoms with Crippen LogP contribution in [0.5, 0.6) is 0 Å². The fourth-order valence-electron chi connectivity index (χ4n) is 3.59. The molecule has 1 atom stereocenters. The van der Waals surface area contributed by atoms with E-state index in [0.717, 1.165) is 25.3 Å². The summed E-state index contributed by atoms with van der Waals surface area (Å²) in [6, 6.07) is 0.139. The Balaban J connectivity index is 1.74. The van der Waals surface area contributed by atoms with E-state index in [1.54, 1.807) is 0 Å². The zero-order chi connectivity index (χ0) is 18.7. The van der Waals surface area contributed by atoms with E-state index in [1.807, 2.05) is 0 Å². The molecule has 0 bridgehead atoms. The molecule has 0 aromatic rings. The lowest BCUT2D eigenvalue weighted by atomic mass is 10.0. The summed E-state index contributed by atoms with van der Waals surface area (Å²) in [5, 5.41) is 3.28. The van der Waals surface area contributed by atoms with E-state index in [9.17, 15) is 0 Å². The number of aliphatic imine (C=N–C) groups is 1. The Labute approximate surface area is 163 Å². The highest BCUT2D eigenvalue weighted by molar-refractivity contribution is 5.88. The minimum atomic E-state index is 0.139. The monoisotopic (exact) mass is 363 g/mol. The highest BCUT2D eigenvalue weighted by Crippen LogP contribution is 2.12. The Morgan fingerprint density at radius 3 is 1.92 bits per heavy atom. The Kier molecular flexibility index (Phi) is 15.7. The minimum absolute atomic E-state index is 0.139. The van der Waals surface area contributed by atoms with Gasteiger partial charge in [0.25, 0.3) is 0 Å². The van der Waals surface area contributed by atoms with Gasteiger partial charge in [0.05, 0.1) is 12.6 Å². The van der Waals surface area contributed by atoms with Crippen molar-refractivity contribution in [3.63, 3.8) is 0 Å². The SMILES string of the molecule is CCCCCCCCC=CCCCCCCCCCC(N)C1=NCCN1. The van der Waals surface area contributed by atoms with Crippen LogP contribution in [0.15, 0.2) is 17.1 Å². The molecule has 1 heterocycles. The van der Waals surface area contributed by atoms with E-state index >= 15 is 0 Å². The van der Waals surface area contributed by atoms with E-state index < -0.39 is 0 Å². The van der Waals surface area contributed by atoms with Gasteiger partial charge in [0.1, 0.15) is 5.84 Å². The van der Waals surface area contributed by atoms with Gasteiger partial charge < -0.3 is 11.1 Å². The molecule has 3 N–H and O–H groups in total. The molecule has 0 amide bonds. The van der Waals surface area contributed by atoms with E-state index in [-0.39, 0.29) is 6.04 Å². The first-order valence-corrected chi connectivity index (χ1v) is 11.5. The highest BCUT2D eigenvalue weighted by Gasteiger charge is 2.13. The lowest BCUT2D eigenvalue weighted by molar-refractivity contribution is 0.559. The standard InChI is InChI=1S/C23H45N3/c1-2-3-4-5-6-7-8-9-10-11-12-13-14-15-16-17-18-19-22(24)23-25-20-21-26-23/h9-10,22H,2-8,11-21,24H2,1H3,(H,25,26). The fraction of sp³-hybridized carbons (Fsp3) is 0.870. The third-order valence-electron chi connectivity index (χ3n) is 5.33. The number of hydrogen-bond acceptors (Lipinski definition) is 3. The molecule has 0 fully saturated rings. The Hall–Kier alpha value is -0.830. The van der Waals surface area contributed by atoms with Gasteiger partial charge in [-0.05, 0) is 32.1 Å². The first kappa shape index (κ1) is 23.2. The van der Waals surface area contributed by atoms with E-state index in [0.29, 0.717) is 0 Å². The number of nitrogens with one attached hydrogen (secondary N) is 1. The summed E-state index contributed by atoms with van der Waals surface area (Å²) in [6.07, 6.45) is 26.3. The first-order chi connectivity index (χ1) is 12.8. The van der Waals surface area contributed by atoms with Gasteiger partial charge in [0.2, 0.25) is 0 Å². The van der Waals surface area contributed by atoms with Crippen LogP contribution in [0, 0.1) is 0 Å². The molecular formula is C23H45N3. The van der Waals surface area contributed by atoms with Gasteiger partial charge in [-0.25, -0.2) is 0 Å². The van der Waals surface area contributed by atoms with Crippen LogP contribution in [0.1, 0.15) is 110 Å². The van der Waals surface area contributed by atoms with Crippen LogP contribution in [0.3, 0.4) is 0 Å². The summed E-state index contributed by atoms with van der Waals surface area (Å²) in [5.74, 6) is 1.04. The van der Waals surface area contributed by atoms with Gasteiger partial charge in [-0.2, -0.15) is 0 Å². The van der Waals surface area contributed by atoms with Crippen molar-refractivity contribution >= 4 is 5.84 Å². The van der Waals surface area contributed by atoms with Crippen LogP contribution in [0.2, 0.25) is 0 Å². The maximum absolute atomic E-state index is 6.15. The van der Waals surface area contributed by atoms with Crippen molar-refractivity contribution < 1.29 is 0 Å². The van der Waals surface area contributed by atoms with Crippen LogP contribution in [0.4, 0.5) is 0 Å². The molecule has 1 unspecified atom stereocenters. The van der Waals surface area contributed by atoms with Crippen LogP contribution < -0.4 is 11.1 Å². The molecule has 1 aliphatic heterocycles. The lowest BCUT2D eigenvalue weighted by Crippen LogP contribution is -2.37. The predicted molar refractivity (Wildman–Crippen MR) is 117 cm³/mol. The molecule has 1 aliphatic rings. The van der Waals surface area contributed by atoms with Gasteiger partial charge in [0.15, 0.2) is 0 Å². The van der Waals surface area contributed by atoms with Gasteiger partial charge in [-0.1, -0.05) is 89.7 Å². The molecule has 0 saturated carbocycles. The third kappa shape index (κ3) is 13.4. The van der Waals surface area contributed by atoms with Crippen molar-refractivity contribution in [1.29, 1.82) is 0 Å². The van der Waals surface area contributed by atoms with Crippen molar-refractivity contribution in [3.8, 4) is 0 Å². The number of unbranched alkanes of at least 4 members (excludes halogenated alkanes) is 13. The second-order valence-corrected chi connectivity index (χ2v) is 7.88. The molecule has 0 saturated heterocycles. The van der Waals surface area contributed by atoms with Crippen LogP contribution in [0.25, 0.3) is 0 Å². The van der Waals surface area contributed by atoms with Crippen LogP contribution in [-0.2, 0) is 0 Å². The number of allylic oxidation sites excluding steroid dienone is 2. The summed E-state index contributed by atoms with van der Waals surface area (Å²) >= 11 is 0. The van der Waals surface area contributed by atoms with Crippen molar-refractivity contribution in [1.82, 2.24) is 5.32 Å². The zero-order valence-corrected chi connectivity index (χ0v) is 17.5. The Morgan fingerprint density at radius 2 is 1.38 bits per heavy atom. The molecule has 0 aliphatic carbocycles. The van der Waals surface area contributed by atoms with Crippen molar-refractivity contribution in [2.24, 2.45) is 10.7 Å². The average Bonchev–Trinajstić information content (AvgIpc) is 3.19. The summed E-state index contributed by atoms with van der Waals surface area (Å²) in [4.78, 5) is 4.41.